The second kappa shape index (κ2) is 4.66. The number of nitrogens with two attached hydrogens (primary N) is 1. The maximum Gasteiger partial charge on any atom is 0.192 e. The molecular formula is C13H18N2O. The van der Waals surface area contributed by atoms with E-state index in [0.717, 1.165) is 36.4 Å². The zero-order chi connectivity index (χ0) is 11.5. The number of hydrogen-bond acceptors (Lipinski definition) is 3. The van der Waals surface area contributed by atoms with Crippen LogP contribution in [0.1, 0.15) is 24.8 Å². The Labute approximate surface area is 95.7 Å². The molecule has 0 spiro atoms. The fraction of sp³-hybridized carbons (Fsp3) is 0.462. The summed E-state index contributed by atoms with van der Waals surface area (Å²) in [5.41, 5.74) is 8.67. The number of fused-ring (bicyclic) bond motifs is 1. The van der Waals surface area contributed by atoms with Gasteiger partial charge in [0, 0.05) is 6.92 Å². The van der Waals surface area contributed by atoms with Gasteiger partial charge < -0.3 is 10.2 Å². The number of aryl methyl sites for hydroxylation is 1. The third-order valence-corrected chi connectivity index (χ3v) is 2.80. The molecule has 0 fully saturated rings. The van der Waals surface area contributed by atoms with Crippen molar-refractivity contribution in [3.63, 3.8) is 0 Å². The predicted octanol–water partition coefficient (Wildman–Crippen LogP) is 2.66. The van der Waals surface area contributed by atoms with Crippen molar-refractivity contribution in [3.8, 4) is 0 Å². The van der Waals surface area contributed by atoms with Crippen LogP contribution in [0.2, 0.25) is 0 Å². The van der Waals surface area contributed by atoms with E-state index in [1.165, 1.54) is 5.56 Å². The van der Waals surface area contributed by atoms with Crippen LogP contribution in [0.5, 0.6) is 0 Å². The van der Waals surface area contributed by atoms with Crippen molar-refractivity contribution < 1.29 is 4.42 Å². The van der Waals surface area contributed by atoms with Gasteiger partial charge in [-0.05, 0) is 43.0 Å². The van der Waals surface area contributed by atoms with E-state index in [-0.39, 0.29) is 0 Å². The number of hydrogen-bond donors (Lipinski definition) is 1. The molecule has 0 aliphatic carbocycles. The molecule has 0 aliphatic heterocycles. The summed E-state index contributed by atoms with van der Waals surface area (Å²) in [5, 5.41) is 0. The Morgan fingerprint density at radius 3 is 3.00 bits per heavy atom. The zero-order valence-corrected chi connectivity index (χ0v) is 9.86. The summed E-state index contributed by atoms with van der Waals surface area (Å²) in [6.07, 6.45) is 2.11. The lowest BCUT2D eigenvalue weighted by Gasteiger charge is -2.09. The molecule has 1 atom stereocenters. The molecule has 2 N–H and O–H groups in total. The molecular weight excluding hydrogens is 200 g/mol. The average Bonchev–Trinajstić information content (AvgIpc) is 2.57. The molecule has 0 saturated heterocycles. The Kier molecular flexibility index (Phi) is 3.25. The molecule has 1 aromatic heterocycles. The summed E-state index contributed by atoms with van der Waals surface area (Å²) >= 11 is 0. The molecule has 0 amide bonds. The van der Waals surface area contributed by atoms with Gasteiger partial charge in [0.15, 0.2) is 11.5 Å². The summed E-state index contributed by atoms with van der Waals surface area (Å²) in [4.78, 5) is 4.28. The van der Waals surface area contributed by atoms with E-state index in [9.17, 15) is 0 Å². The molecule has 3 nitrogen and oxygen atoms in total. The maximum atomic E-state index is 5.55. The minimum absolute atomic E-state index is 0.617. The third kappa shape index (κ3) is 2.42. The van der Waals surface area contributed by atoms with Gasteiger partial charge in [-0.3, -0.25) is 0 Å². The van der Waals surface area contributed by atoms with E-state index in [1.807, 2.05) is 13.0 Å². The first-order valence-electron chi connectivity index (χ1n) is 5.75. The molecule has 3 heteroatoms. The number of aromatic nitrogens is 1. The van der Waals surface area contributed by atoms with E-state index in [4.69, 9.17) is 10.2 Å². The van der Waals surface area contributed by atoms with Crippen LogP contribution in [-0.4, -0.2) is 11.5 Å². The van der Waals surface area contributed by atoms with Gasteiger partial charge in [0.05, 0.1) is 0 Å². The molecule has 1 heterocycles. The van der Waals surface area contributed by atoms with Crippen molar-refractivity contribution in [1.29, 1.82) is 0 Å². The van der Waals surface area contributed by atoms with Gasteiger partial charge in [-0.2, -0.15) is 0 Å². The summed E-state index contributed by atoms with van der Waals surface area (Å²) in [5.74, 6) is 1.34. The van der Waals surface area contributed by atoms with Crippen molar-refractivity contribution in [2.24, 2.45) is 11.7 Å². The van der Waals surface area contributed by atoms with Crippen LogP contribution in [0.25, 0.3) is 11.1 Å². The summed E-state index contributed by atoms with van der Waals surface area (Å²) in [7, 11) is 0. The van der Waals surface area contributed by atoms with Crippen LogP contribution in [-0.2, 0) is 6.42 Å². The van der Waals surface area contributed by atoms with Gasteiger partial charge >= 0.3 is 0 Å². The van der Waals surface area contributed by atoms with Crippen LogP contribution in [0.4, 0.5) is 0 Å². The number of nitrogens with zero attached hydrogens (tertiary/aromatic N) is 1. The van der Waals surface area contributed by atoms with E-state index in [1.54, 1.807) is 0 Å². The first-order valence-corrected chi connectivity index (χ1v) is 5.75. The van der Waals surface area contributed by atoms with Gasteiger partial charge in [0.1, 0.15) is 5.52 Å². The van der Waals surface area contributed by atoms with E-state index < -0.39 is 0 Å². The average molecular weight is 218 g/mol. The topological polar surface area (TPSA) is 52.0 Å². The second-order valence-electron chi connectivity index (χ2n) is 4.42. The molecule has 1 unspecified atom stereocenters. The monoisotopic (exact) mass is 218 g/mol. The molecule has 0 radical (unpaired) electrons. The lowest BCUT2D eigenvalue weighted by Crippen LogP contribution is -2.07. The first kappa shape index (κ1) is 11.1. The molecule has 2 aromatic rings. The SMILES string of the molecule is Cc1nc2ccc(CC(C)CCN)cc2o1. The Morgan fingerprint density at radius 2 is 2.25 bits per heavy atom. The summed E-state index contributed by atoms with van der Waals surface area (Å²) in [6, 6.07) is 6.23. The molecule has 1 aromatic carbocycles. The highest BCUT2D eigenvalue weighted by Crippen LogP contribution is 2.19. The normalized spacial score (nSPS) is 13.2. The van der Waals surface area contributed by atoms with Gasteiger partial charge in [0.25, 0.3) is 0 Å². The minimum atomic E-state index is 0.617. The second-order valence-corrected chi connectivity index (χ2v) is 4.42. The highest BCUT2D eigenvalue weighted by Gasteiger charge is 2.06. The maximum absolute atomic E-state index is 5.55. The van der Waals surface area contributed by atoms with Crippen LogP contribution < -0.4 is 5.73 Å². The number of oxazole rings is 1. The molecule has 0 saturated carbocycles. The molecule has 2 rings (SSSR count). The molecule has 0 bridgehead atoms. The van der Waals surface area contributed by atoms with E-state index in [2.05, 4.69) is 24.0 Å². The Bertz CT molecular complexity index is 476. The van der Waals surface area contributed by atoms with Crippen LogP contribution in [0.3, 0.4) is 0 Å². The Balaban J connectivity index is 2.18. The van der Waals surface area contributed by atoms with E-state index in [0.29, 0.717) is 5.92 Å². The largest absolute Gasteiger partial charge is 0.441 e. The standard InChI is InChI=1S/C13H18N2O/c1-9(5-6-14)7-11-3-4-12-13(8-11)16-10(2)15-12/h3-4,8-9H,5-7,14H2,1-2H3. The van der Waals surface area contributed by atoms with E-state index >= 15 is 0 Å². The fourth-order valence-electron chi connectivity index (χ4n) is 2.00. The van der Waals surface area contributed by atoms with Crippen LogP contribution in [0, 0.1) is 12.8 Å². The fourth-order valence-corrected chi connectivity index (χ4v) is 2.00. The zero-order valence-electron chi connectivity index (χ0n) is 9.86. The number of benzene rings is 1. The van der Waals surface area contributed by atoms with Gasteiger partial charge in [0.2, 0.25) is 0 Å². The third-order valence-electron chi connectivity index (χ3n) is 2.80. The number of rotatable bonds is 4. The van der Waals surface area contributed by atoms with Crippen LogP contribution in [0.15, 0.2) is 22.6 Å². The summed E-state index contributed by atoms with van der Waals surface area (Å²) in [6.45, 7) is 4.85. The summed E-state index contributed by atoms with van der Waals surface area (Å²) < 4.78 is 5.51. The van der Waals surface area contributed by atoms with Gasteiger partial charge in [-0.15, -0.1) is 0 Å². The van der Waals surface area contributed by atoms with Gasteiger partial charge in [-0.25, -0.2) is 4.98 Å². The van der Waals surface area contributed by atoms with Crippen molar-refractivity contribution in [3.05, 3.63) is 29.7 Å². The van der Waals surface area contributed by atoms with Gasteiger partial charge in [-0.1, -0.05) is 13.0 Å². The highest BCUT2D eigenvalue weighted by molar-refractivity contribution is 5.73. The smallest absolute Gasteiger partial charge is 0.192 e. The van der Waals surface area contributed by atoms with Crippen molar-refractivity contribution in [1.82, 2.24) is 4.98 Å². The molecule has 86 valence electrons. The first-order chi connectivity index (χ1) is 7.69. The molecule has 0 aliphatic rings. The Morgan fingerprint density at radius 1 is 1.44 bits per heavy atom. The highest BCUT2D eigenvalue weighted by atomic mass is 16.3. The lowest BCUT2D eigenvalue weighted by molar-refractivity contribution is 0.536. The minimum Gasteiger partial charge on any atom is -0.441 e. The lowest BCUT2D eigenvalue weighted by atomic mass is 9.98. The molecule has 16 heavy (non-hydrogen) atoms. The van der Waals surface area contributed by atoms with Crippen LogP contribution >= 0.6 is 0 Å². The van der Waals surface area contributed by atoms with Crippen molar-refractivity contribution in [2.75, 3.05) is 6.54 Å². The van der Waals surface area contributed by atoms with Crippen molar-refractivity contribution in [2.45, 2.75) is 26.7 Å². The Hall–Kier alpha value is -1.35. The predicted molar refractivity (Wildman–Crippen MR) is 65.3 cm³/mol. The van der Waals surface area contributed by atoms with Crippen molar-refractivity contribution >= 4 is 11.1 Å². The quantitative estimate of drug-likeness (QED) is 0.858.